The first-order valence-electron chi connectivity index (χ1n) is 12.7. The van der Waals surface area contributed by atoms with E-state index in [1.165, 1.54) is 24.0 Å². The van der Waals surface area contributed by atoms with Crippen molar-refractivity contribution in [1.29, 1.82) is 0 Å². The summed E-state index contributed by atoms with van der Waals surface area (Å²) < 4.78 is 10.5. The van der Waals surface area contributed by atoms with Gasteiger partial charge >= 0.3 is 0 Å². The van der Waals surface area contributed by atoms with Crippen LogP contribution in [0.5, 0.6) is 0 Å². The Morgan fingerprint density at radius 1 is 0.971 bits per heavy atom. The Bertz CT molecular complexity index is 1090. The van der Waals surface area contributed by atoms with Gasteiger partial charge in [0.1, 0.15) is 17.6 Å². The number of hydrogen-bond donors (Lipinski definition) is 1. The zero-order valence-corrected chi connectivity index (χ0v) is 22.1. The monoisotopic (exact) mass is 481 g/mol. The standard InChI is InChI=1S/C13H15NO2.C11H12N2O2.2C2H6/c1-8-12(9-4-6-11(15)7-5-9)13(16-14-8)10-2-3-10;1-7-10(9-5-3-4-6-12-9)11(8(2)14)15-13-7;2*1-2/h4,10H,2-3,5-7H2,1H3;3-6,8,14H,1-2H3;2*1-2H3. The lowest BCUT2D eigenvalue weighted by Crippen LogP contribution is -2.04. The Kier molecular flexibility index (Phi) is 11.1. The second-order valence-corrected chi connectivity index (χ2v) is 8.15. The van der Waals surface area contributed by atoms with Crippen molar-refractivity contribution in [2.75, 3.05) is 0 Å². The second-order valence-electron chi connectivity index (χ2n) is 8.15. The molecule has 2 aliphatic carbocycles. The second kappa shape index (κ2) is 13.7. The normalized spacial score (nSPS) is 15.4. The van der Waals surface area contributed by atoms with Crippen LogP contribution < -0.4 is 0 Å². The van der Waals surface area contributed by atoms with E-state index in [-0.39, 0.29) is 0 Å². The van der Waals surface area contributed by atoms with Crippen molar-refractivity contribution in [2.45, 2.75) is 92.6 Å². The highest BCUT2D eigenvalue weighted by molar-refractivity contribution is 5.87. The highest BCUT2D eigenvalue weighted by atomic mass is 16.5. The molecule has 1 N–H and O–H groups in total. The lowest BCUT2D eigenvalue weighted by atomic mass is 9.91. The number of carbonyl (C=O) groups is 1. The van der Waals surface area contributed by atoms with Gasteiger partial charge in [-0.3, -0.25) is 9.78 Å². The van der Waals surface area contributed by atoms with Gasteiger partial charge in [0.25, 0.3) is 0 Å². The molecule has 1 unspecified atom stereocenters. The summed E-state index contributed by atoms with van der Waals surface area (Å²) in [6, 6.07) is 5.60. The van der Waals surface area contributed by atoms with E-state index in [1.807, 2.05) is 59.7 Å². The van der Waals surface area contributed by atoms with Gasteiger partial charge in [0.15, 0.2) is 5.76 Å². The lowest BCUT2D eigenvalue weighted by molar-refractivity contribution is -0.118. The summed E-state index contributed by atoms with van der Waals surface area (Å²) in [4.78, 5) is 15.4. The number of carbonyl (C=O) groups excluding carboxylic acids is 1. The summed E-state index contributed by atoms with van der Waals surface area (Å²) in [6.07, 6.45) is 7.60. The van der Waals surface area contributed by atoms with Crippen LogP contribution in [0, 0.1) is 13.8 Å². The molecule has 35 heavy (non-hydrogen) atoms. The third kappa shape index (κ3) is 7.21. The summed E-state index contributed by atoms with van der Waals surface area (Å²) in [6.45, 7) is 13.5. The van der Waals surface area contributed by atoms with E-state index in [2.05, 4.69) is 21.4 Å². The van der Waals surface area contributed by atoms with Crippen molar-refractivity contribution in [2.24, 2.45) is 0 Å². The van der Waals surface area contributed by atoms with Crippen molar-refractivity contribution >= 4 is 11.4 Å². The fraction of sp³-hybridized carbons (Fsp3) is 0.500. The van der Waals surface area contributed by atoms with Gasteiger partial charge < -0.3 is 14.2 Å². The molecular formula is C28H39N3O4. The highest BCUT2D eigenvalue weighted by Crippen LogP contribution is 2.45. The van der Waals surface area contributed by atoms with Crippen LogP contribution >= 0.6 is 0 Å². The molecular weight excluding hydrogens is 442 g/mol. The third-order valence-corrected chi connectivity index (χ3v) is 5.60. The molecule has 0 amide bonds. The van der Waals surface area contributed by atoms with E-state index in [0.717, 1.165) is 34.8 Å². The van der Waals surface area contributed by atoms with Crippen molar-refractivity contribution in [3.8, 4) is 11.3 Å². The Morgan fingerprint density at radius 2 is 1.63 bits per heavy atom. The number of allylic oxidation sites excluding steroid dienone is 2. The number of nitrogens with zero attached hydrogens (tertiary/aromatic N) is 3. The number of aliphatic hydroxyl groups is 1. The van der Waals surface area contributed by atoms with Gasteiger partial charge in [-0.25, -0.2) is 0 Å². The first-order chi connectivity index (χ1) is 17.0. The van der Waals surface area contributed by atoms with E-state index in [0.29, 0.717) is 30.3 Å². The molecule has 0 bridgehead atoms. The lowest BCUT2D eigenvalue weighted by Gasteiger charge is -2.12. The number of aromatic nitrogens is 3. The van der Waals surface area contributed by atoms with Crippen LogP contribution in [-0.2, 0) is 4.79 Å². The van der Waals surface area contributed by atoms with Crippen LogP contribution in [0.4, 0.5) is 0 Å². The number of hydrogen-bond acceptors (Lipinski definition) is 7. The van der Waals surface area contributed by atoms with E-state index in [4.69, 9.17) is 9.05 Å². The van der Waals surface area contributed by atoms with Gasteiger partial charge in [0, 0.05) is 30.5 Å². The first-order valence-corrected chi connectivity index (χ1v) is 12.7. The van der Waals surface area contributed by atoms with Crippen molar-refractivity contribution in [3.05, 3.63) is 58.9 Å². The molecule has 0 radical (unpaired) electrons. The minimum Gasteiger partial charge on any atom is -0.385 e. The Hall–Kier alpha value is -3.06. The average Bonchev–Trinajstić information content (AvgIpc) is 3.55. The van der Waals surface area contributed by atoms with Crippen LogP contribution in [0.2, 0.25) is 0 Å². The highest BCUT2D eigenvalue weighted by Gasteiger charge is 2.33. The molecule has 3 aromatic heterocycles. The predicted octanol–water partition coefficient (Wildman–Crippen LogP) is 7.15. The minimum absolute atomic E-state index is 0.339. The predicted molar refractivity (Wildman–Crippen MR) is 138 cm³/mol. The van der Waals surface area contributed by atoms with Gasteiger partial charge in [0.2, 0.25) is 0 Å². The van der Waals surface area contributed by atoms with E-state index >= 15 is 0 Å². The molecule has 0 saturated heterocycles. The molecule has 7 nitrogen and oxygen atoms in total. The zero-order chi connectivity index (χ0) is 26.0. The molecule has 0 spiro atoms. The maximum absolute atomic E-state index is 11.2. The van der Waals surface area contributed by atoms with Crippen LogP contribution in [0.3, 0.4) is 0 Å². The molecule has 7 heteroatoms. The summed E-state index contributed by atoms with van der Waals surface area (Å²) in [7, 11) is 0. The molecule has 190 valence electrons. The third-order valence-electron chi connectivity index (χ3n) is 5.60. The van der Waals surface area contributed by atoms with Crippen molar-refractivity contribution < 1.29 is 18.9 Å². The van der Waals surface area contributed by atoms with Gasteiger partial charge in [-0.05, 0) is 57.7 Å². The number of Topliss-reactive ketones (excluding diaryl/α,β-unsaturated/α-hetero) is 1. The molecule has 3 aromatic rings. The molecule has 0 aliphatic heterocycles. The SMILES string of the molecule is CC.CC.Cc1noc(C(C)O)c1-c1ccccn1.Cc1noc(C2CC2)c1C1=CCC(=O)CC1. The minimum atomic E-state index is -0.678. The molecule has 3 heterocycles. The number of ketones is 1. The van der Waals surface area contributed by atoms with Crippen LogP contribution in [0.25, 0.3) is 16.8 Å². The Morgan fingerprint density at radius 3 is 2.17 bits per heavy atom. The van der Waals surface area contributed by atoms with Crippen molar-refractivity contribution in [1.82, 2.24) is 15.3 Å². The topological polar surface area (TPSA) is 102 Å². The number of rotatable bonds is 4. The molecule has 1 saturated carbocycles. The van der Waals surface area contributed by atoms with Gasteiger partial charge in [0.05, 0.1) is 22.6 Å². The Balaban J connectivity index is 0.000000217. The molecule has 1 fully saturated rings. The maximum Gasteiger partial charge on any atom is 0.174 e. The molecule has 0 aromatic carbocycles. The summed E-state index contributed by atoms with van der Waals surface area (Å²) in [5.41, 5.74) is 5.72. The zero-order valence-electron chi connectivity index (χ0n) is 22.1. The average molecular weight is 482 g/mol. The number of aliphatic hydroxyl groups excluding tert-OH is 1. The fourth-order valence-electron chi connectivity index (χ4n) is 3.84. The molecule has 2 aliphatic rings. The van der Waals surface area contributed by atoms with Crippen LogP contribution in [0.15, 0.2) is 39.5 Å². The summed E-state index contributed by atoms with van der Waals surface area (Å²) in [5.74, 6) is 2.44. The van der Waals surface area contributed by atoms with E-state index in [1.54, 1.807) is 13.1 Å². The molecule has 5 rings (SSSR count). The van der Waals surface area contributed by atoms with Crippen molar-refractivity contribution in [3.63, 3.8) is 0 Å². The van der Waals surface area contributed by atoms with Gasteiger partial charge in [-0.1, -0.05) is 50.2 Å². The molecule has 1 atom stereocenters. The maximum atomic E-state index is 11.2. The smallest absolute Gasteiger partial charge is 0.174 e. The fourth-order valence-corrected chi connectivity index (χ4v) is 3.84. The Labute approximate surface area is 208 Å². The van der Waals surface area contributed by atoms with Crippen LogP contribution in [-0.4, -0.2) is 26.2 Å². The van der Waals surface area contributed by atoms with E-state index < -0.39 is 6.10 Å². The number of pyridine rings is 1. The van der Waals surface area contributed by atoms with Gasteiger partial charge in [-0.2, -0.15) is 0 Å². The summed E-state index contributed by atoms with van der Waals surface area (Å²) in [5, 5.41) is 17.4. The first kappa shape index (κ1) is 28.2. The van der Waals surface area contributed by atoms with Crippen LogP contribution in [0.1, 0.15) is 107 Å². The largest absolute Gasteiger partial charge is 0.385 e. The number of aryl methyl sites for hydroxylation is 2. The van der Waals surface area contributed by atoms with Gasteiger partial charge in [-0.15, -0.1) is 0 Å². The van der Waals surface area contributed by atoms with E-state index in [9.17, 15) is 9.90 Å². The quantitative estimate of drug-likeness (QED) is 0.422. The summed E-state index contributed by atoms with van der Waals surface area (Å²) >= 11 is 0.